The molecule has 0 saturated carbocycles. The van der Waals surface area contributed by atoms with E-state index in [0.29, 0.717) is 12.8 Å². The van der Waals surface area contributed by atoms with Crippen molar-refractivity contribution in [2.75, 3.05) is 6.61 Å². The lowest BCUT2D eigenvalue weighted by Gasteiger charge is -2.00. The Kier molecular flexibility index (Phi) is 6.47. The Labute approximate surface area is 107 Å². The van der Waals surface area contributed by atoms with Crippen molar-refractivity contribution in [1.29, 1.82) is 0 Å². The molecule has 0 radical (unpaired) electrons. The summed E-state index contributed by atoms with van der Waals surface area (Å²) in [5, 5.41) is 0. The fraction of sp³-hybridized carbons (Fsp3) is 0.333. The minimum atomic E-state index is -0.414. The first kappa shape index (κ1) is 14.2. The van der Waals surface area contributed by atoms with E-state index in [1.807, 2.05) is 37.3 Å². The number of benzene rings is 1. The summed E-state index contributed by atoms with van der Waals surface area (Å²) >= 11 is 0. The summed E-state index contributed by atoms with van der Waals surface area (Å²) < 4.78 is 4.93. The number of hydrogen-bond donors (Lipinski definition) is 0. The van der Waals surface area contributed by atoms with Crippen molar-refractivity contribution in [3.8, 4) is 0 Å². The molecule has 1 aromatic carbocycles. The molecule has 0 N–H and O–H groups in total. The quantitative estimate of drug-likeness (QED) is 0.548. The van der Waals surface area contributed by atoms with E-state index in [2.05, 4.69) is 0 Å². The molecule has 0 spiro atoms. The second-order valence-electron chi connectivity index (χ2n) is 3.95. The summed E-state index contributed by atoms with van der Waals surface area (Å²) in [7, 11) is 0. The Hall–Kier alpha value is -1.90. The van der Waals surface area contributed by atoms with E-state index in [-0.39, 0.29) is 12.4 Å². The monoisotopic (exact) mass is 246 g/mol. The fourth-order valence-electron chi connectivity index (χ4n) is 1.45. The Morgan fingerprint density at radius 3 is 2.56 bits per heavy atom. The molecule has 0 fully saturated rings. The third kappa shape index (κ3) is 5.99. The zero-order valence-corrected chi connectivity index (χ0v) is 10.6. The maximum atomic E-state index is 11.3. The van der Waals surface area contributed by atoms with E-state index in [1.54, 1.807) is 6.08 Å². The second-order valence-corrected chi connectivity index (χ2v) is 3.95. The van der Waals surface area contributed by atoms with Gasteiger partial charge in [-0.15, -0.1) is 0 Å². The van der Waals surface area contributed by atoms with Crippen LogP contribution in [0.5, 0.6) is 0 Å². The van der Waals surface area contributed by atoms with Crippen LogP contribution in [0.3, 0.4) is 0 Å². The molecule has 1 aromatic rings. The van der Waals surface area contributed by atoms with Crippen molar-refractivity contribution in [2.24, 2.45) is 0 Å². The van der Waals surface area contributed by atoms with Crippen LogP contribution in [0.25, 0.3) is 6.08 Å². The van der Waals surface area contributed by atoms with Gasteiger partial charge in [0, 0.05) is 18.9 Å². The number of ether oxygens (including phenoxy) is 1. The molecule has 0 aliphatic rings. The summed E-state index contributed by atoms with van der Waals surface area (Å²) in [6.07, 6.45) is 4.76. The van der Waals surface area contributed by atoms with Gasteiger partial charge in [0.2, 0.25) is 0 Å². The van der Waals surface area contributed by atoms with Gasteiger partial charge < -0.3 is 4.74 Å². The van der Waals surface area contributed by atoms with Crippen molar-refractivity contribution in [3.63, 3.8) is 0 Å². The van der Waals surface area contributed by atoms with Crippen molar-refractivity contribution in [2.45, 2.75) is 26.2 Å². The highest BCUT2D eigenvalue weighted by atomic mass is 16.5. The predicted octanol–water partition coefficient (Wildman–Crippen LogP) is 3.00. The lowest BCUT2D eigenvalue weighted by atomic mass is 10.2. The summed E-state index contributed by atoms with van der Waals surface area (Å²) in [6, 6.07) is 9.50. The van der Waals surface area contributed by atoms with Crippen molar-refractivity contribution in [3.05, 3.63) is 42.0 Å². The van der Waals surface area contributed by atoms with Crippen molar-refractivity contribution in [1.82, 2.24) is 0 Å². The van der Waals surface area contributed by atoms with Crippen LogP contribution in [-0.2, 0) is 14.3 Å². The van der Waals surface area contributed by atoms with Crippen molar-refractivity contribution < 1.29 is 14.3 Å². The Morgan fingerprint density at radius 1 is 1.17 bits per heavy atom. The van der Waals surface area contributed by atoms with Crippen LogP contribution in [0.4, 0.5) is 0 Å². The molecule has 1 rings (SSSR count). The molecule has 0 heterocycles. The van der Waals surface area contributed by atoms with E-state index in [4.69, 9.17) is 4.74 Å². The number of carbonyl (C=O) groups excluding carboxylic acids is 2. The third-order valence-corrected chi connectivity index (χ3v) is 2.37. The molecule has 3 nitrogen and oxygen atoms in total. The van der Waals surface area contributed by atoms with Crippen LogP contribution in [-0.4, -0.2) is 18.4 Å². The molecule has 0 aromatic heterocycles. The number of carbonyl (C=O) groups is 2. The van der Waals surface area contributed by atoms with E-state index in [1.165, 1.54) is 6.08 Å². The van der Waals surface area contributed by atoms with E-state index >= 15 is 0 Å². The van der Waals surface area contributed by atoms with Gasteiger partial charge in [-0.25, -0.2) is 4.79 Å². The Morgan fingerprint density at radius 2 is 1.89 bits per heavy atom. The zero-order valence-electron chi connectivity index (χ0n) is 10.6. The van der Waals surface area contributed by atoms with Crippen LogP contribution >= 0.6 is 0 Å². The average molecular weight is 246 g/mol. The molecule has 0 aliphatic heterocycles. The molecule has 0 saturated heterocycles. The maximum Gasteiger partial charge on any atom is 0.330 e. The van der Waals surface area contributed by atoms with Gasteiger partial charge >= 0.3 is 5.97 Å². The van der Waals surface area contributed by atoms with Gasteiger partial charge in [0.25, 0.3) is 0 Å². The highest BCUT2D eigenvalue weighted by molar-refractivity contribution is 5.87. The van der Waals surface area contributed by atoms with Crippen LogP contribution in [0.15, 0.2) is 36.4 Å². The van der Waals surface area contributed by atoms with Gasteiger partial charge in [-0.1, -0.05) is 37.3 Å². The standard InChI is InChI=1S/C15H18O3/c1-2-6-14(16)11-12-18-15(17)10-9-13-7-4-3-5-8-13/h3-5,7-10H,2,6,11-12H2,1H3/b10-9+. The fourth-order valence-corrected chi connectivity index (χ4v) is 1.45. The first-order chi connectivity index (χ1) is 8.72. The lowest BCUT2D eigenvalue weighted by molar-refractivity contribution is -0.138. The van der Waals surface area contributed by atoms with Gasteiger partial charge in [-0.2, -0.15) is 0 Å². The van der Waals surface area contributed by atoms with Gasteiger partial charge in [-0.05, 0) is 18.1 Å². The van der Waals surface area contributed by atoms with Crippen LogP contribution in [0.1, 0.15) is 31.7 Å². The van der Waals surface area contributed by atoms with Crippen LogP contribution in [0, 0.1) is 0 Å². The minimum Gasteiger partial charge on any atom is -0.462 e. The smallest absolute Gasteiger partial charge is 0.330 e. The number of ketones is 1. The van der Waals surface area contributed by atoms with E-state index in [0.717, 1.165) is 12.0 Å². The van der Waals surface area contributed by atoms with Gasteiger partial charge in [0.05, 0.1) is 6.61 Å². The largest absolute Gasteiger partial charge is 0.462 e. The highest BCUT2D eigenvalue weighted by Gasteiger charge is 2.02. The highest BCUT2D eigenvalue weighted by Crippen LogP contribution is 2.01. The normalized spacial score (nSPS) is 10.5. The van der Waals surface area contributed by atoms with Crippen LogP contribution < -0.4 is 0 Å². The zero-order chi connectivity index (χ0) is 13.2. The molecule has 0 aliphatic carbocycles. The average Bonchev–Trinajstić information content (AvgIpc) is 2.38. The van der Waals surface area contributed by atoms with E-state index in [9.17, 15) is 9.59 Å². The lowest BCUT2D eigenvalue weighted by Crippen LogP contribution is -2.07. The number of esters is 1. The van der Waals surface area contributed by atoms with Crippen LogP contribution in [0.2, 0.25) is 0 Å². The van der Waals surface area contributed by atoms with Gasteiger partial charge in [0.1, 0.15) is 5.78 Å². The summed E-state index contributed by atoms with van der Waals surface area (Å²) in [6.45, 7) is 2.11. The maximum absolute atomic E-state index is 11.3. The first-order valence-electron chi connectivity index (χ1n) is 6.14. The van der Waals surface area contributed by atoms with Crippen molar-refractivity contribution >= 4 is 17.8 Å². The predicted molar refractivity (Wildman–Crippen MR) is 71.0 cm³/mol. The number of Topliss-reactive ketones (excluding diaryl/α,β-unsaturated/α-hetero) is 1. The first-order valence-corrected chi connectivity index (χ1v) is 6.14. The van der Waals surface area contributed by atoms with Gasteiger partial charge in [0.15, 0.2) is 0 Å². The molecule has 3 heteroatoms. The number of hydrogen-bond acceptors (Lipinski definition) is 3. The SMILES string of the molecule is CCCC(=O)CCOC(=O)/C=C/c1ccccc1. The topological polar surface area (TPSA) is 43.4 Å². The molecular weight excluding hydrogens is 228 g/mol. The molecule has 0 bridgehead atoms. The molecule has 0 amide bonds. The third-order valence-electron chi connectivity index (χ3n) is 2.37. The summed E-state index contributed by atoms with van der Waals surface area (Å²) in [5.74, 6) is -0.277. The molecule has 0 atom stereocenters. The molecule has 96 valence electrons. The van der Waals surface area contributed by atoms with Gasteiger partial charge in [-0.3, -0.25) is 4.79 Å². The Bertz CT molecular complexity index is 407. The van der Waals surface area contributed by atoms with E-state index < -0.39 is 5.97 Å². The summed E-state index contributed by atoms with van der Waals surface area (Å²) in [5.41, 5.74) is 0.941. The number of rotatable bonds is 7. The Balaban J connectivity index is 2.26. The molecule has 18 heavy (non-hydrogen) atoms. The molecular formula is C15H18O3. The summed E-state index contributed by atoms with van der Waals surface area (Å²) in [4.78, 5) is 22.5. The minimum absolute atomic E-state index is 0.136. The second kappa shape index (κ2) is 8.23. The molecule has 0 unspecified atom stereocenters.